The first-order chi connectivity index (χ1) is 9.11. The number of hydrogen-bond acceptors (Lipinski definition) is 5. The second-order valence-corrected chi connectivity index (χ2v) is 4.18. The maximum atomic E-state index is 12.2. The van der Waals surface area contributed by atoms with Crippen LogP contribution in [-0.2, 0) is 14.3 Å². The number of esters is 1. The summed E-state index contributed by atoms with van der Waals surface area (Å²) in [6.45, 7) is 0.892. The predicted molar refractivity (Wildman–Crippen MR) is 65.8 cm³/mol. The van der Waals surface area contributed by atoms with Crippen molar-refractivity contribution in [3.63, 3.8) is 0 Å². The molecule has 6 heteroatoms. The number of carbonyl (C=O) groups excluding carboxylic acids is 2. The normalized spacial score (nSPS) is 19.0. The van der Waals surface area contributed by atoms with Crippen LogP contribution < -0.4 is 0 Å². The number of morpholine rings is 1. The van der Waals surface area contributed by atoms with Gasteiger partial charge in [0, 0.05) is 12.1 Å². The first-order valence-corrected chi connectivity index (χ1v) is 5.89. The van der Waals surface area contributed by atoms with E-state index in [2.05, 4.69) is 4.74 Å². The van der Waals surface area contributed by atoms with Crippen LogP contribution >= 0.6 is 0 Å². The molecular formula is C13H15NO5. The number of benzene rings is 1. The summed E-state index contributed by atoms with van der Waals surface area (Å²) in [5.41, 5.74) is 0.461. The number of nitrogens with zero attached hydrogens (tertiary/aromatic N) is 1. The number of carbonyl (C=O) groups is 2. The third-order valence-electron chi connectivity index (χ3n) is 2.93. The summed E-state index contributed by atoms with van der Waals surface area (Å²) in [6.07, 6.45) is -0.736. The highest BCUT2D eigenvalue weighted by Crippen LogP contribution is 2.14. The van der Waals surface area contributed by atoms with Gasteiger partial charge in [0.1, 0.15) is 5.75 Å². The summed E-state index contributed by atoms with van der Waals surface area (Å²) in [6, 6.07) is 5.98. The molecule has 102 valence electrons. The molecule has 1 amide bonds. The standard InChI is InChI=1S/C13H15NO5/c1-18-13(17)11-8-14(6-7-19-11)12(16)9-2-4-10(15)5-3-9/h2-5,11,15H,6-8H2,1H3. The summed E-state index contributed by atoms with van der Waals surface area (Å²) in [5, 5.41) is 9.19. The predicted octanol–water partition coefficient (Wildman–Crippen LogP) is 0.406. The van der Waals surface area contributed by atoms with Gasteiger partial charge >= 0.3 is 5.97 Å². The van der Waals surface area contributed by atoms with Crippen LogP contribution in [0.25, 0.3) is 0 Å². The Hall–Kier alpha value is -2.08. The van der Waals surface area contributed by atoms with Crippen LogP contribution in [0.5, 0.6) is 5.75 Å². The monoisotopic (exact) mass is 265 g/mol. The third-order valence-corrected chi connectivity index (χ3v) is 2.93. The molecule has 0 radical (unpaired) electrons. The van der Waals surface area contributed by atoms with E-state index in [1.165, 1.54) is 24.1 Å². The number of ether oxygens (including phenoxy) is 2. The number of amides is 1. The van der Waals surface area contributed by atoms with Crippen molar-refractivity contribution in [2.45, 2.75) is 6.10 Å². The lowest BCUT2D eigenvalue weighted by Crippen LogP contribution is -2.48. The number of methoxy groups -OCH3 is 1. The quantitative estimate of drug-likeness (QED) is 0.784. The molecule has 1 aromatic rings. The second kappa shape index (κ2) is 5.71. The zero-order chi connectivity index (χ0) is 13.8. The Kier molecular flexibility index (Phi) is 4.01. The van der Waals surface area contributed by atoms with E-state index in [0.717, 1.165) is 0 Å². The van der Waals surface area contributed by atoms with E-state index < -0.39 is 12.1 Å². The van der Waals surface area contributed by atoms with Crippen molar-refractivity contribution in [1.29, 1.82) is 0 Å². The van der Waals surface area contributed by atoms with Gasteiger partial charge in [-0.05, 0) is 24.3 Å². The van der Waals surface area contributed by atoms with Crippen molar-refractivity contribution in [1.82, 2.24) is 4.90 Å². The van der Waals surface area contributed by atoms with Gasteiger partial charge in [-0.15, -0.1) is 0 Å². The van der Waals surface area contributed by atoms with E-state index in [1.54, 1.807) is 12.1 Å². The van der Waals surface area contributed by atoms with E-state index in [4.69, 9.17) is 4.74 Å². The summed E-state index contributed by atoms with van der Waals surface area (Å²) in [4.78, 5) is 25.1. The fraction of sp³-hybridized carbons (Fsp3) is 0.385. The molecule has 0 bridgehead atoms. The molecule has 1 unspecified atom stereocenters. The largest absolute Gasteiger partial charge is 0.508 e. The molecule has 1 saturated heterocycles. The topological polar surface area (TPSA) is 76.1 Å². The van der Waals surface area contributed by atoms with E-state index in [1.807, 2.05) is 0 Å². The van der Waals surface area contributed by atoms with E-state index in [-0.39, 0.29) is 18.2 Å². The Labute approximate surface area is 110 Å². The van der Waals surface area contributed by atoms with Crippen molar-refractivity contribution < 1.29 is 24.2 Å². The van der Waals surface area contributed by atoms with Gasteiger partial charge in [-0.3, -0.25) is 4.79 Å². The van der Waals surface area contributed by atoms with Crippen LogP contribution in [0.15, 0.2) is 24.3 Å². The molecule has 1 aliphatic rings. The van der Waals surface area contributed by atoms with E-state index in [9.17, 15) is 14.7 Å². The zero-order valence-corrected chi connectivity index (χ0v) is 10.5. The average Bonchev–Trinajstić information content (AvgIpc) is 2.46. The van der Waals surface area contributed by atoms with Gasteiger partial charge in [-0.2, -0.15) is 0 Å². The Bertz CT molecular complexity index is 470. The minimum absolute atomic E-state index is 0.103. The molecule has 0 spiro atoms. The van der Waals surface area contributed by atoms with Crippen molar-refractivity contribution in [2.75, 3.05) is 26.8 Å². The van der Waals surface area contributed by atoms with Crippen molar-refractivity contribution in [3.8, 4) is 5.75 Å². The van der Waals surface area contributed by atoms with E-state index >= 15 is 0 Å². The van der Waals surface area contributed by atoms with Crippen LogP contribution in [0, 0.1) is 0 Å². The molecule has 1 aromatic carbocycles. The maximum absolute atomic E-state index is 12.2. The van der Waals surface area contributed by atoms with Gasteiger partial charge in [0.25, 0.3) is 5.91 Å². The lowest BCUT2D eigenvalue weighted by molar-refractivity contribution is -0.158. The van der Waals surface area contributed by atoms with Crippen LogP contribution in [-0.4, -0.2) is 54.8 Å². The Morgan fingerprint density at radius 3 is 2.68 bits per heavy atom. The molecule has 6 nitrogen and oxygen atoms in total. The van der Waals surface area contributed by atoms with Crippen LogP contribution in [0.2, 0.25) is 0 Å². The highest BCUT2D eigenvalue weighted by atomic mass is 16.6. The third kappa shape index (κ3) is 3.03. The van der Waals surface area contributed by atoms with Gasteiger partial charge in [-0.1, -0.05) is 0 Å². The number of phenols is 1. The average molecular weight is 265 g/mol. The summed E-state index contributed by atoms with van der Waals surface area (Å²) < 4.78 is 9.86. The van der Waals surface area contributed by atoms with Crippen molar-refractivity contribution >= 4 is 11.9 Å². The second-order valence-electron chi connectivity index (χ2n) is 4.18. The molecule has 0 saturated carbocycles. The van der Waals surface area contributed by atoms with E-state index in [0.29, 0.717) is 18.7 Å². The molecule has 1 heterocycles. The minimum Gasteiger partial charge on any atom is -0.508 e. The Morgan fingerprint density at radius 2 is 2.05 bits per heavy atom. The Morgan fingerprint density at radius 1 is 1.37 bits per heavy atom. The number of hydrogen-bond donors (Lipinski definition) is 1. The zero-order valence-electron chi connectivity index (χ0n) is 10.5. The highest BCUT2D eigenvalue weighted by molar-refractivity contribution is 5.94. The van der Waals surface area contributed by atoms with Crippen molar-refractivity contribution in [2.24, 2.45) is 0 Å². The molecule has 2 rings (SSSR count). The number of phenolic OH excluding ortho intramolecular Hbond substituents is 1. The van der Waals surface area contributed by atoms with Gasteiger partial charge < -0.3 is 19.5 Å². The van der Waals surface area contributed by atoms with Crippen LogP contribution in [0.1, 0.15) is 10.4 Å². The SMILES string of the molecule is COC(=O)C1CN(C(=O)c2ccc(O)cc2)CCO1. The van der Waals surface area contributed by atoms with Gasteiger partial charge in [-0.25, -0.2) is 4.79 Å². The minimum atomic E-state index is -0.736. The van der Waals surface area contributed by atoms with Crippen LogP contribution in [0.4, 0.5) is 0 Å². The number of rotatable bonds is 2. The Balaban J connectivity index is 2.06. The molecule has 1 N–H and O–H groups in total. The smallest absolute Gasteiger partial charge is 0.336 e. The molecule has 19 heavy (non-hydrogen) atoms. The summed E-state index contributed by atoms with van der Waals surface area (Å²) >= 11 is 0. The molecule has 0 aromatic heterocycles. The fourth-order valence-electron chi connectivity index (χ4n) is 1.89. The summed E-state index contributed by atoms with van der Waals surface area (Å²) in [5.74, 6) is -0.577. The van der Waals surface area contributed by atoms with Gasteiger partial charge in [0.2, 0.25) is 0 Å². The molecule has 0 aliphatic carbocycles. The lowest BCUT2D eigenvalue weighted by Gasteiger charge is -2.31. The molecular weight excluding hydrogens is 250 g/mol. The first-order valence-electron chi connectivity index (χ1n) is 5.89. The maximum Gasteiger partial charge on any atom is 0.336 e. The van der Waals surface area contributed by atoms with Gasteiger partial charge in [0.15, 0.2) is 6.10 Å². The molecule has 1 atom stereocenters. The lowest BCUT2D eigenvalue weighted by atomic mass is 10.1. The fourth-order valence-corrected chi connectivity index (χ4v) is 1.89. The van der Waals surface area contributed by atoms with Crippen molar-refractivity contribution in [3.05, 3.63) is 29.8 Å². The first kappa shape index (κ1) is 13.4. The van der Waals surface area contributed by atoms with Crippen LogP contribution in [0.3, 0.4) is 0 Å². The number of aromatic hydroxyl groups is 1. The molecule has 1 fully saturated rings. The van der Waals surface area contributed by atoms with Gasteiger partial charge in [0.05, 0.1) is 20.3 Å². The molecule has 1 aliphatic heterocycles. The summed E-state index contributed by atoms with van der Waals surface area (Å²) in [7, 11) is 1.28. The highest BCUT2D eigenvalue weighted by Gasteiger charge is 2.30.